The van der Waals surface area contributed by atoms with Gasteiger partial charge in [0.15, 0.2) is 0 Å². The molecule has 0 aliphatic heterocycles. The minimum absolute atomic E-state index is 0. The number of amides is 1. The summed E-state index contributed by atoms with van der Waals surface area (Å²) in [7, 11) is 0. The van der Waals surface area contributed by atoms with Gasteiger partial charge in [-0.25, -0.2) is 4.98 Å². The maximum absolute atomic E-state index is 11.7. The number of aromatic nitrogens is 1. The van der Waals surface area contributed by atoms with Crippen molar-refractivity contribution in [3.8, 4) is 0 Å². The van der Waals surface area contributed by atoms with Crippen molar-refractivity contribution in [1.29, 1.82) is 0 Å². The fourth-order valence-electron chi connectivity index (χ4n) is 1.44. The molecule has 104 valence electrons. The van der Waals surface area contributed by atoms with E-state index in [0.29, 0.717) is 18.2 Å². The molecule has 0 aromatic carbocycles. The molecule has 1 heterocycles. The zero-order valence-corrected chi connectivity index (χ0v) is 12.5. The molecule has 0 saturated carbocycles. The SMILES string of the molecule is Cc1ccnc(NC(=O)[C@@H](N)CC(C)C)c1.Cl.Cl. The summed E-state index contributed by atoms with van der Waals surface area (Å²) in [5.74, 6) is 0.794. The average molecular weight is 294 g/mol. The van der Waals surface area contributed by atoms with Crippen molar-refractivity contribution in [3.63, 3.8) is 0 Å². The molecule has 0 aliphatic carbocycles. The molecule has 0 radical (unpaired) electrons. The van der Waals surface area contributed by atoms with Gasteiger partial charge in [0.1, 0.15) is 5.82 Å². The van der Waals surface area contributed by atoms with Gasteiger partial charge in [-0.3, -0.25) is 4.79 Å². The van der Waals surface area contributed by atoms with Crippen LogP contribution in [0, 0.1) is 12.8 Å². The highest BCUT2D eigenvalue weighted by Crippen LogP contribution is 2.08. The van der Waals surface area contributed by atoms with Crippen molar-refractivity contribution in [1.82, 2.24) is 4.98 Å². The van der Waals surface area contributed by atoms with Crippen molar-refractivity contribution in [2.75, 3.05) is 5.32 Å². The molecule has 6 heteroatoms. The lowest BCUT2D eigenvalue weighted by molar-refractivity contribution is -0.117. The highest BCUT2D eigenvalue weighted by atomic mass is 35.5. The number of nitrogens with two attached hydrogens (primary N) is 1. The standard InChI is InChI=1S/C12H19N3O.2ClH/c1-8(2)6-10(13)12(16)15-11-7-9(3)4-5-14-11;;/h4-5,7-8,10H,6,13H2,1-3H3,(H,14,15,16);2*1H/t10-;;/m0../s1. The Labute approximate surface area is 121 Å². The first-order valence-corrected chi connectivity index (χ1v) is 5.48. The number of anilines is 1. The van der Waals surface area contributed by atoms with Crippen LogP contribution in [-0.4, -0.2) is 16.9 Å². The maximum Gasteiger partial charge on any atom is 0.242 e. The number of halogens is 2. The molecule has 0 spiro atoms. The molecule has 1 amide bonds. The molecule has 1 aromatic heterocycles. The quantitative estimate of drug-likeness (QED) is 0.896. The number of nitrogens with one attached hydrogen (secondary N) is 1. The van der Waals surface area contributed by atoms with E-state index in [9.17, 15) is 4.79 Å². The minimum atomic E-state index is -0.470. The van der Waals surface area contributed by atoms with Gasteiger partial charge in [-0.1, -0.05) is 13.8 Å². The summed E-state index contributed by atoms with van der Waals surface area (Å²) in [5.41, 5.74) is 6.82. The molecule has 1 aromatic rings. The number of rotatable bonds is 4. The number of hydrogen-bond donors (Lipinski definition) is 2. The fourth-order valence-corrected chi connectivity index (χ4v) is 1.44. The summed E-state index contributed by atoms with van der Waals surface area (Å²) < 4.78 is 0. The Kier molecular flexibility index (Phi) is 9.90. The van der Waals surface area contributed by atoms with Gasteiger partial charge in [0.25, 0.3) is 0 Å². The van der Waals surface area contributed by atoms with E-state index in [-0.39, 0.29) is 30.7 Å². The van der Waals surface area contributed by atoms with Crippen LogP contribution in [0.2, 0.25) is 0 Å². The Morgan fingerprint density at radius 3 is 2.56 bits per heavy atom. The van der Waals surface area contributed by atoms with Gasteiger partial charge in [-0.05, 0) is 37.0 Å². The zero-order chi connectivity index (χ0) is 12.1. The Balaban J connectivity index is 0. The average Bonchev–Trinajstić information content (AvgIpc) is 2.16. The number of pyridine rings is 1. The maximum atomic E-state index is 11.7. The number of hydrogen-bond acceptors (Lipinski definition) is 3. The molecule has 1 rings (SSSR count). The van der Waals surface area contributed by atoms with Gasteiger partial charge < -0.3 is 11.1 Å². The summed E-state index contributed by atoms with van der Waals surface area (Å²) in [5, 5.41) is 2.71. The highest BCUT2D eigenvalue weighted by molar-refractivity contribution is 5.93. The molecule has 1 atom stereocenters. The first kappa shape index (κ1) is 19.5. The molecular formula is C12H21Cl2N3O. The number of carbonyl (C=O) groups excluding carboxylic acids is 1. The van der Waals surface area contributed by atoms with Crippen LogP contribution in [0.3, 0.4) is 0 Å². The van der Waals surface area contributed by atoms with Crippen molar-refractivity contribution >= 4 is 36.5 Å². The van der Waals surface area contributed by atoms with Gasteiger partial charge in [-0.15, -0.1) is 24.8 Å². The smallest absolute Gasteiger partial charge is 0.242 e. The molecule has 0 saturated heterocycles. The largest absolute Gasteiger partial charge is 0.320 e. The molecule has 0 fully saturated rings. The monoisotopic (exact) mass is 293 g/mol. The lowest BCUT2D eigenvalue weighted by atomic mass is 10.0. The first-order chi connectivity index (χ1) is 7.49. The third-order valence-corrected chi connectivity index (χ3v) is 2.23. The van der Waals surface area contributed by atoms with E-state index in [1.165, 1.54) is 0 Å². The number of aryl methyl sites for hydroxylation is 1. The van der Waals surface area contributed by atoms with E-state index < -0.39 is 6.04 Å². The second-order valence-electron chi connectivity index (χ2n) is 4.44. The van der Waals surface area contributed by atoms with Crippen LogP contribution in [0.25, 0.3) is 0 Å². The van der Waals surface area contributed by atoms with Crippen LogP contribution < -0.4 is 11.1 Å². The molecular weight excluding hydrogens is 273 g/mol. The van der Waals surface area contributed by atoms with Crippen LogP contribution >= 0.6 is 24.8 Å². The Hall–Kier alpha value is -0.840. The summed E-state index contributed by atoms with van der Waals surface area (Å²) in [6, 6.07) is 3.23. The van der Waals surface area contributed by atoms with Gasteiger partial charge in [-0.2, -0.15) is 0 Å². The molecule has 0 aliphatic rings. The fraction of sp³-hybridized carbons (Fsp3) is 0.500. The van der Waals surface area contributed by atoms with Crippen molar-refractivity contribution < 1.29 is 4.79 Å². The van der Waals surface area contributed by atoms with Gasteiger partial charge >= 0.3 is 0 Å². The summed E-state index contributed by atoms with van der Waals surface area (Å²) in [6.45, 7) is 6.03. The van der Waals surface area contributed by atoms with E-state index in [1.54, 1.807) is 6.20 Å². The number of nitrogens with zero attached hydrogens (tertiary/aromatic N) is 1. The Morgan fingerprint density at radius 1 is 1.44 bits per heavy atom. The second kappa shape index (κ2) is 9.14. The topological polar surface area (TPSA) is 68.0 Å². The first-order valence-electron chi connectivity index (χ1n) is 5.48. The molecule has 0 bridgehead atoms. The molecule has 18 heavy (non-hydrogen) atoms. The van der Waals surface area contributed by atoms with E-state index >= 15 is 0 Å². The summed E-state index contributed by atoms with van der Waals surface area (Å²) >= 11 is 0. The Morgan fingerprint density at radius 2 is 2.06 bits per heavy atom. The third kappa shape index (κ3) is 6.79. The van der Waals surface area contributed by atoms with E-state index in [2.05, 4.69) is 10.3 Å². The van der Waals surface area contributed by atoms with Gasteiger partial charge in [0.2, 0.25) is 5.91 Å². The van der Waals surface area contributed by atoms with Crippen molar-refractivity contribution in [3.05, 3.63) is 23.9 Å². The number of carbonyl (C=O) groups is 1. The zero-order valence-electron chi connectivity index (χ0n) is 10.8. The second-order valence-corrected chi connectivity index (χ2v) is 4.44. The van der Waals surface area contributed by atoms with E-state index in [4.69, 9.17) is 5.73 Å². The van der Waals surface area contributed by atoms with Gasteiger partial charge in [0.05, 0.1) is 6.04 Å². The van der Waals surface area contributed by atoms with E-state index in [1.807, 2.05) is 32.9 Å². The molecule has 0 unspecified atom stereocenters. The normalized spacial score (nSPS) is 11.2. The highest BCUT2D eigenvalue weighted by Gasteiger charge is 2.15. The van der Waals surface area contributed by atoms with Crippen LogP contribution in [0.1, 0.15) is 25.8 Å². The van der Waals surface area contributed by atoms with Crippen LogP contribution in [0.4, 0.5) is 5.82 Å². The van der Waals surface area contributed by atoms with E-state index in [0.717, 1.165) is 5.56 Å². The lowest BCUT2D eigenvalue weighted by Crippen LogP contribution is -2.36. The van der Waals surface area contributed by atoms with Crippen LogP contribution in [-0.2, 0) is 4.79 Å². The van der Waals surface area contributed by atoms with Crippen LogP contribution in [0.15, 0.2) is 18.3 Å². The summed E-state index contributed by atoms with van der Waals surface area (Å²) in [4.78, 5) is 15.7. The third-order valence-electron chi connectivity index (χ3n) is 2.23. The minimum Gasteiger partial charge on any atom is -0.320 e. The predicted molar refractivity (Wildman–Crippen MR) is 79.5 cm³/mol. The summed E-state index contributed by atoms with van der Waals surface area (Å²) in [6.07, 6.45) is 2.34. The molecule has 4 nitrogen and oxygen atoms in total. The van der Waals surface area contributed by atoms with Crippen LogP contribution in [0.5, 0.6) is 0 Å². The lowest BCUT2D eigenvalue weighted by Gasteiger charge is -2.13. The van der Waals surface area contributed by atoms with Crippen molar-refractivity contribution in [2.45, 2.75) is 33.2 Å². The van der Waals surface area contributed by atoms with Crippen molar-refractivity contribution in [2.24, 2.45) is 11.7 Å². The Bertz CT molecular complexity index is 372. The predicted octanol–water partition coefficient (Wildman–Crippen LogP) is 2.55. The van der Waals surface area contributed by atoms with Gasteiger partial charge in [0, 0.05) is 6.20 Å². The molecule has 3 N–H and O–H groups in total.